The molecule has 2 amide bonds. The summed E-state index contributed by atoms with van der Waals surface area (Å²) in [6.45, 7) is 2.24. The highest BCUT2D eigenvalue weighted by atomic mass is 16.5. The van der Waals surface area contributed by atoms with Crippen LogP contribution in [0.4, 0.5) is 4.79 Å². The number of carbonyl (C=O) groups is 3. The molecule has 0 spiro atoms. The van der Waals surface area contributed by atoms with Gasteiger partial charge in [0, 0.05) is 37.2 Å². The summed E-state index contributed by atoms with van der Waals surface area (Å²) in [7, 11) is 0. The van der Waals surface area contributed by atoms with E-state index in [1.54, 1.807) is 6.92 Å². The van der Waals surface area contributed by atoms with Crippen LogP contribution in [0.1, 0.15) is 36.1 Å². The number of aliphatic carboxylic acids is 1. The predicted octanol–water partition coefficient (Wildman–Crippen LogP) is 3.09. The standard InChI is InChI=1S/C26H28N4O5/c1-16(10-24(31)30-23(25(32)33)11-17-13-27-15-29-17)12-28-26(34)35-14-22-20-8-4-2-6-18(20)19-7-3-5-9-21(19)22/h2-9,13,15-16,22-23H,10-12,14H2,1H3,(H,27,29)(H,28,34)(H,30,31)(H,32,33)/t16?,23-/m1/s1. The molecule has 9 nitrogen and oxygen atoms in total. The van der Waals surface area contributed by atoms with Crippen LogP contribution in [0.3, 0.4) is 0 Å². The summed E-state index contributed by atoms with van der Waals surface area (Å²) in [6.07, 6.45) is 2.58. The van der Waals surface area contributed by atoms with E-state index >= 15 is 0 Å². The predicted molar refractivity (Wildman–Crippen MR) is 129 cm³/mol. The number of nitrogens with one attached hydrogen (secondary N) is 3. The van der Waals surface area contributed by atoms with Crippen molar-refractivity contribution in [1.29, 1.82) is 0 Å². The molecule has 182 valence electrons. The average molecular weight is 477 g/mol. The number of aromatic nitrogens is 2. The second-order valence-electron chi connectivity index (χ2n) is 8.76. The number of amides is 2. The van der Waals surface area contributed by atoms with Crippen LogP contribution < -0.4 is 10.6 Å². The minimum atomic E-state index is -1.13. The highest BCUT2D eigenvalue weighted by Gasteiger charge is 2.29. The summed E-state index contributed by atoms with van der Waals surface area (Å²) in [4.78, 5) is 42.8. The van der Waals surface area contributed by atoms with Gasteiger partial charge in [0.05, 0.1) is 6.33 Å². The van der Waals surface area contributed by atoms with Gasteiger partial charge in [0.15, 0.2) is 0 Å². The van der Waals surface area contributed by atoms with Crippen molar-refractivity contribution in [2.75, 3.05) is 13.2 Å². The number of imidazole rings is 1. The Morgan fingerprint density at radius 1 is 1.09 bits per heavy atom. The highest BCUT2D eigenvalue weighted by Crippen LogP contribution is 2.44. The van der Waals surface area contributed by atoms with E-state index in [4.69, 9.17) is 4.74 Å². The van der Waals surface area contributed by atoms with E-state index in [0.29, 0.717) is 5.69 Å². The Kier molecular flexibility index (Phi) is 7.45. The zero-order chi connectivity index (χ0) is 24.8. The quantitative estimate of drug-likeness (QED) is 0.355. The Morgan fingerprint density at radius 3 is 2.34 bits per heavy atom. The molecule has 4 N–H and O–H groups in total. The first-order valence-electron chi connectivity index (χ1n) is 11.5. The van der Waals surface area contributed by atoms with Crippen molar-refractivity contribution in [3.8, 4) is 11.1 Å². The Bertz CT molecular complexity index is 1150. The molecule has 4 rings (SSSR count). The zero-order valence-corrected chi connectivity index (χ0v) is 19.4. The molecule has 1 unspecified atom stereocenters. The van der Waals surface area contributed by atoms with Gasteiger partial charge in [-0.15, -0.1) is 0 Å². The summed E-state index contributed by atoms with van der Waals surface area (Å²) in [5.41, 5.74) is 5.19. The Morgan fingerprint density at radius 2 is 1.74 bits per heavy atom. The number of hydrogen-bond acceptors (Lipinski definition) is 5. The van der Waals surface area contributed by atoms with Gasteiger partial charge in [-0.3, -0.25) is 4.79 Å². The van der Waals surface area contributed by atoms with E-state index in [0.717, 1.165) is 22.3 Å². The van der Waals surface area contributed by atoms with E-state index < -0.39 is 24.0 Å². The minimum Gasteiger partial charge on any atom is -0.480 e. The molecule has 2 aromatic carbocycles. The maximum absolute atomic E-state index is 12.3. The molecule has 2 atom stereocenters. The lowest BCUT2D eigenvalue weighted by Crippen LogP contribution is -2.43. The number of alkyl carbamates (subject to hydrolysis) is 1. The highest BCUT2D eigenvalue weighted by molar-refractivity contribution is 5.84. The van der Waals surface area contributed by atoms with Gasteiger partial charge >= 0.3 is 12.1 Å². The van der Waals surface area contributed by atoms with Crippen LogP contribution in [0.5, 0.6) is 0 Å². The van der Waals surface area contributed by atoms with Crippen molar-refractivity contribution in [1.82, 2.24) is 20.6 Å². The van der Waals surface area contributed by atoms with Crippen LogP contribution >= 0.6 is 0 Å². The van der Waals surface area contributed by atoms with Gasteiger partial charge in [-0.2, -0.15) is 0 Å². The molecular formula is C26H28N4O5. The summed E-state index contributed by atoms with van der Waals surface area (Å²) in [6, 6.07) is 15.2. The molecular weight excluding hydrogens is 448 g/mol. The van der Waals surface area contributed by atoms with Crippen molar-refractivity contribution in [2.45, 2.75) is 31.7 Å². The smallest absolute Gasteiger partial charge is 0.407 e. The third kappa shape index (κ3) is 5.87. The number of hydrogen-bond donors (Lipinski definition) is 4. The Labute approximate surface area is 202 Å². The molecule has 1 aliphatic carbocycles. The van der Waals surface area contributed by atoms with Gasteiger partial charge in [-0.1, -0.05) is 55.5 Å². The van der Waals surface area contributed by atoms with Crippen molar-refractivity contribution < 1.29 is 24.2 Å². The van der Waals surface area contributed by atoms with E-state index in [2.05, 4.69) is 44.9 Å². The number of H-pyrrole nitrogens is 1. The number of carboxylic acid groups (broad SMARTS) is 1. The van der Waals surface area contributed by atoms with Gasteiger partial charge in [0.2, 0.25) is 5.91 Å². The first kappa shape index (κ1) is 24.0. The second kappa shape index (κ2) is 10.9. The second-order valence-corrected chi connectivity index (χ2v) is 8.76. The van der Waals surface area contributed by atoms with Crippen LogP contribution in [0.15, 0.2) is 61.1 Å². The fourth-order valence-electron chi connectivity index (χ4n) is 4.37. The van der Waals surface area contributed by atoms with Crippen LogP contribution in [-0.2, 0) is 20.7 Å². The number of carbonyl (C=O) groups excluding carboxylic acids is 2. The maximum Gasteiger partial charge on any atom is 0.407 e. The van der Waals surface area contributed by atoms with Gasteiger partial charge in [0.25, 0.3) is 0 Å². The molecule has 0 radical (unpaired) electrons. The number of ether oxygens (including phenoxy) is 1. The maximum atomic E-state index is 12.3. The third-order valence-electron chi connectivity index (χ3n) is 6.08. The number of benzene rings is 2. The fourth-order valence-corrected chi connectivity index (χ4v) is 4.37. The molecule has 0 saturated carbocycles. The summed E-state index contributed by atoms with van der Waals surface area (Å²) in [5, 5.41) is 14.6. The lowest BCUT2D eigenvalue weighted by molar-refractivity contribution is -0.141. The largest absolute Gasteiger partial charge is 0.480 e. The molecule has 1 aromatic heterocycles. The number of aromatic amines is 1. The molecule has 0 saturated heterocycles. The monoisotopic (exact) mass is 476 g/mol. The number of nitrogens with zero attached hydrogens (tertiary/aromatic N) is 1. The molecule has 35 heavy (non-hydrogen) atoms. The number of rotatable bonds is 10. The average Bonchev–Trinajstić information content (AvgIpc) is 3.47. The van der Waals surface area contributed by atoms with E-state index in [9.17, 15) is 19.5 Å². The first-order chi connectivity index (χ1) is 16.9. The minimum absolute atomic E-state index is 0.0285. The number of carboxylic acids is 1. The number of fused-ring (bicyclic) bond motifs is 3. The van der Waals surface area contributed by atoms with Gasteiger partial charge in [-0.05, 0) is 28.2 Å². The van der Waals surface area contributed by atoms with E-state index in [1.165, 1.54) is 12.5 Å². The van der Waals surface area contributed by atoms with Gasteiger partial charge in [-0.25, -0.2) is 14.6 Å². The normalized spacial score (nSPS) is 13.9. The van der Waals surface area contributed by atoms with Crippen LogP contribution in [0.2, 0.25) is 0 Å². The summed E-state index contributed by atoms with van der Waals surface area (Å²) >= 11 is 0. The van der Waals surface area contributed by atoms with E-state index in [-0.39, 0.29) is 37.8 Å². The van der Waals surface area contributed by atoms with Crippen LogP contribution in [0.25, 0.3) is 11.1 Å². The fraction of sp³-hybridized carbons (Fsp3) is 0.308. The molecule has 1 aliphatic rings. The van der Waals surface area contributed by atoms with Crippen LogP contribution in [-0.4, -0.2) is 52.2 Å². The van der Waals surface area contributed by atoms with Gasteiger partial charge in [0.1, 0.15) is 12.6 Å². The summed E-state index contributed by atoms with van der Waals surface area (Å²) in [5.74, 6) is -1.77. The van der Waals surface area contributed by atoms with Gasteiger partial charge < -0.3 is 25.5 Å². The Hall–Kier alpha value is -4.14. The zero-order valence-electron chi connectivity index (χ0n) is 19.4. The SMILES string of the molecule is CC(CNC(=O)OCC1c2ccccc2-c2ccccc21)CC(=O)N[C@H](Cc1cnc[nH]1)C(=O)O. The molecule has 3 aromatic rings. The van der Waals surface area contributed by atoms with Crippen molar-refractivity contribution in [2.24, 2.45) is 5.92 Å². The first-order valence-corrected chi connectivity index (χ1v) is 11.5. The Balaban J connectivity index is 1.23. The van der Waals surface area contributed by atoms with Crippen LogP contribution in [0, 0.1) is 5.92 Å². The molecule has 1 heterocycles. The summed E-state index contributed by atoms with van der Waals surface area (Å²) < 4.78 is 5.51. The molecule has 0 aliphatic heterocycles. The molecule has 9 heteroatoms. The lowest BCUT2D eigenvalue weighted by Gasteiger charge is -2.17. The topological polar surface area (TPSA) is 133 Å². The lowest BCUT2D eigenvalue weighted by atomic mass is 9.98. The van der Waals surface area contributed by atoms with Crippen molar-refractivity contribution >= 4 is 18.0 Å². The molecule has 0 fully saturated rings. The van der Waals surface area contributed by atoms with Crippen molar-refractivity contribution in [3.63, 3.8) is 0 Å². The third-order valence-corrected chi connectivity index (χ3v) is 6.08. The van der Waals surface area contributed by atoms with Crippen molar-refractivity contribution in [3.05, 3.63) is 77.9 Å². The van der Waals surface area contributed by atoms with E-state index in [1.807, 2.05) is 24.3 Å². The molecule has 0 bridgehead atoms.